The Kier molecular flexibility index (Phi) is 5.00. The zero-order chi connectivity index (χ0) is 13.7. The maximum atomic E-state index is 12.1. The summed E-state index contributed by atoms with van der Waals surface area (Å²) in [7, 11) is 0. The highest BCUT2D eigenvalue weighted by molar-refractivity contribution is 5.96. The quantitative estimate of drug-likeness (QED) is 0.624. The summed E-state index contributed by atoms with van der Waals surface area (Å²) in [4.78, 5) is 12.1. The molecule has 0 saturated heterocycles. The van der Waals surface area contributed by atoms with Crippen molar-refractivity contribution in [2.75, 3.05) is 5.73 Å². The van der Waals surface area contributed by atoms with Crippen LogP contribution in [0, 0.1) is 12.8 Å². The average molecular weight is 259 g/mol. The normalized spacial score (nSPS) is 16.5. The van der Waals surface area contributed by atoms with E-state index in [1.807, 2.05) is 25.1 Å². The van der Waals surface area contributed by atoms with Crippen molar-refractivity contribution in [3.05, 3.63) is 29.3 Å². The third-order valence-electron chi connectivity index (χ3n) is 4.34. The van der Waals surface area contributed by atoms with Gasteiger partial charge in [-0.25, -0.2) is 0 Å². The fourth-order valence-corrected chi connectivity index (χ4v) is 2.99. The summed E-state index contributed by atoms with van der Waals surface area (Å²) in [6.07, 6.45) is 9.80. The second kappa shape index (κ2) is 6.74. The molecule has 2 rings (SSSR count). The molecule has 0 atom stereocenters. The Hall–Kier alpha value is -1.31. The van der Waals surface area contributed by atoms with Crippen LogP contribution in [0.3, 0.4) is 0 Å². The van der Waals surface area contributed by atoms with Gasteiger partial charge < -0.3 is 5.73 Å². The van der Waals surface area contributed by atoms with E-state index in [9.17, 15) is 4.79 Å². The van der Waals surface area contributed by atoms with Crippen molar-refractivity contribution in [1.82, 2.24) is 0 Å². The van der Waals surface area contributed by atoms with Crippen LogP contribution in [0.4, 0.5) is 5.69 Å². The molecule has 1 aliphatic carbocycles. The molecule has 1 aromatic carbocycles. The second-order valence-corrected chi connectivity index (χ2v) is 5.89. The van der Waals surface area contributed by atoms with E-state index < -0.39 is 0 Å². The highest BCUT2D eigenvalue weighted by Crippen LogP contribution is 2.28. The van der Waals surface area contributed by atoms with Gasteiger partial charge in [0, 0.05) is 17.7 Å². The summed E-state index contributed by atoms with van der Waals surface area (Å²) in [5, 5.41) is 0. The van der Waals surface area contributed by atoms with Crippen molar-refractivity contribution >= 4 is 11.5 Å². The summed E-state index contributed by atoms with van der Waals surface area (Å²) >= 11 is 0. The molecule has 104 valence electrons. The number of aryl methyl sites for hydroxylation is 1. The lowest BCUT2D eigenvalue weighted by Gasteiger charge is -2.21. The predicted octanol–water partition coefficient (Wildman–Crippen LogP) is 4.51. The molecule has 0 amide bonds. The van der Waals surface area contributed by atoms with E-state index in [1.54, 1.807) is 0 Å². The lowest BCUT2D eigenvalue weighted by atomic mass is 9.85. The number of hydrogen-bond donors (Lipinski definition) is 1. The van der Waals surface area contributed by atoms with Crippen molar-refractivity contribution in [1.29, 1.82) is 0 Å². The highest BCUT2D eigenvalue weighted by atomic mass is 16.1. The van der Waals surface area contributed by atoms with E-state index in [1.165, 1.54) is 38.5 Å². The first kappa shape index (κ1) is 14.1. The molecule has 2 nitrogen and oxygen atoms in total. The Morgan fingerprint density at radius 3 is 2.68 bits per heavy atom. The third-order valence-corrected chi connectivity index (χ3v) is 4.34. The van der Waals surface area contributed by atoms with Gasteiger partial charge in [0.15, 0.2) is 5.78 Å². The molecule has 0 spiro atoms. The average Bonchev–Trinajstić information content (AvgIpc) is 2.43. The Balaban J connectivity index is 1.78. The maximum Gasteiger partial charge on any atom is 0.162 e. The molecule has 2 N–H and O–H groups in total. The van der Waals surface area contributed by atoms with Crippen molar-refractivity contribution in [3.8, 4) is 0 Å². The number of hydrogen-bond acceptors (Lipinski definition) is 2. The SMILES string of the molecule is Cc1ccc(C(=O)CCCC2CCCCC2)cc1N. The van der Waals surface area contributed by atoms with Gasteiger partial charge in [-0.2, -0.15) is 0 Å². The molecule has 1 aliphatic rings. The van der Waals surface area contributed by atoms with Crippen molar-refractivity contribution in [2.24, 2.45) is 5.92 Å². The minimum absolute atomic E-state index is 0.238. The summed E-state index contributed by atoms with van der Waals surface area (Å²) in [5.41, 5.74) is 8.38. The van der Waals surface area contributed by atoms with Gasteiger partial charge in [-0.1, -0.05) is 50.7 Å². The number of ketones is 1. The molecule has 19 heavy (non-hydrogen) atoms. The fourth-order valence-electron chi connectivity index (χ4n) is 2.99. The molecule has 0 unspecified atom stereocenters. The van der Waals surface area contributed by atoms with Crippen molar-refractivity contribution < 1.29 is 4.79 Å². The summed E-state index contributed by atoms with van der Waals surface area (Å²) in [6.45, 7) is 1.96. The molecular weight excluding hydrogens is 234 g/mol. The van der Waals surface area contributed by atoms with Crippen LogP contribution in [0.15, 0.2) is 18.2 Å². The molecule has 0 heterocycles. The zero-order valence-corrected chi connectivity index (χ0v) is 12.0. The molecule has 0 aliphatic heterocycles. The molecule has 2 heteroatoms. The molecular formula is C17H25NO. The van der Waals surface area contributed by atoms with Crippen molar-refractivity contribution in [3.63, 3.8) is 0 Å². The number of rotatable bonds is 5. The van der Waals surface area contributed by atoms with Crippen molar-refractivity contribution in [2.45, 2.75) is 58.3 Å². The summed E-state index contributed by atoms with van der Waals surface area (Å²) in [6, 6.07) is 5.65. The largest absolute Gasteiger partial charge is 0.398 e. The number of Topliss-reactive ketones (excluding diaryl/α,β-unsaturated/α-hetero) is 1. The topological polar surface area (TPSA) is 43.1 Å². The monoisotopic (exact) mass is 259 g/mol. The fraction of sp³-hybridized carbons (Fsp3) is 0.588. The second-order valence-electron chi connectivity index (χ2n) is 5.89. The Bertz CT molecular complexity index is 433. The molecule has 1 saturated carbocycles. The van der Waals surface area contributed by atoms with Crippen LogP contribution >= 0.6 is 0 Å². The molecule has 1 aromatic rings. The van der Waals surface area contributed by atoms with E-state index in [0.717, 1.165) is 29.2 Å². The van der Waals surface area contributed by atoms with Crippen LogP contribution in [0.5, 0.6) is 0 Å². The Labute approximate surface area is 116 Å². The van der Waals surface area contributed by atoms with Gasteiger partial charge in [0.1, 0.15) is 0 Å². The van der Waals surface area contributed by atoms with Crippen LogP contribution < -0.4 is 5.73 Å². The summed E-state index contributed by atoms with van der Waals surface area (Å²) < 4.78 is 0. The standard InChI is InChI=1S/C17H25NO/c1-13-10-11-15(12-16(13)18)17(19)9-5-8-14-6-3-2-4-7-14/h10-12,14H,2-9,18H2,1H3. The number of carbonyl (C=O) groups excluding carboxylic acids is 1. The van der Waals surface area contributed by atoms with Gasteiger partial charge in [0.2, 0.25) is 0 Å². The lowest BCUT2D eigenvalue weighted by Crippen LogP contribution is -2.07. The molecule has 0 radical (unpaired) electrons. The van der Waals surface area contributed by atoms with Gasteiger partial charge in [-0.05, 0) is 30.9 Å². The van der Waals surface area contributed by atoms with Gasteiger partial charge >= 0.3 is 0 Å². The Morgan fingerprint density at radius 2 is 2.00 bits per heavy atom. The number of benzene rings is 1. The minimum atomic E-state index is 0.238. The Morgan fingerprint density at radius 1 is 1.26 bits per heavy atom. The van der Waals surface area contributed by atoms with Gasteiger partial charge in [-0.3, -0.25) is 4.79 Å². The molecule has 0 bridgehead atoms. The van der Waals surface area contributed by atoms with Gasteiger partial charge in [-0.15, -0.1) is 0 Å². The minimum Gasteiger partial charge on any atom is -0.398 e. The third kappa shape index (κ3) is 4.09. The first-order chi connectivity index (χ1) is 9.16. The van der Waals surface area contributed by atoms with Crippen LogP contribution in [0.2, 0.25) is 0 Å². The lowest BCUT2D eigenvalue weighted by molar-refractivity contribution is 0.0976. The highest BCUT2D eigenvalue weighted by Gasteiger charge is 2.14. The van der Waals surface area contributed by atoms with Crippen LogP contribution in [-0.2, 0) is 0 Å². The number of nitrogens with two attached hydrogens (primary N) is 1. The van der Waals surface area contributed by atoms with E-state index in [-0.39, 0.29) is 5.78 Å². The predicted molar refractivity (Wildman–Crippen MR) is 80.3 cm³/mol. The van der Waals surface area contributed by atoms with Gasteiger partial charge in [0.05, 0.1) is 0 Å². The first-order valence-electron chi connectivity index (χ1n) is 7.56. The van der Waals surface area contributed by atoms with Gasteiger partial charge in [0.25, 0.3) is 0 Å². The van der Waals surface area contributed by atoms with E-state index in [4.69, 9.17) is 5.73 Å². The van der Waals surface area contributed by atoms with Crippen LogP contribution in [0.1, 0.15) is 67.3 Å². The van der Waals surface area contributed by atoms with Crippen LogP contribution in [-0.4, -0.2) is 5.78 Å². The number of nitrogen functional groups attached to an aromatic ring is 1. The smallest absolute Gasteiger partial charge is 0.162 e. The van der Waals surface area contributed by atoms with E-state index in [2.05, 4.69) is 0 Å². The number of anilines is 1. The number of carbonyl (C=O) groups is 1. The molecule has 0 aromatic heterocycles. The molecule has 1 fully saturated rings. The summed E-state index contributed by atoms with van der Waals surface area (Å²) in [5.74, 6) is 1.10. The first-order valence-corrected chi connectivity index (χ1v) is 7.56. The van der Waals surface area contributed by atoms with Crippen LogP contribution in [0.25, 0.3) is 0 Å². The maximum absolute atomic E-state index is 12.1. The van der Waals surface area contributed by atoms with E-state index >= 15 is 0 Å². The zero-order valence-electron chi connectivity index (χ0n) is 12.0. The van der Waals surface area contributed by atoms with E-state index in [0.29, 0.717) is 6.42 Å².